The number of nitrogens with zero attached hydrogens (tertiary/aromatic N) is 3. The van der Waals surface area contributed by atoms with Gasteiger partial charge in [0.05, 0.1) is 12.3 Å². The van der Waals surface area contributed by atoms with Gasteiger partial charge in [-0.3, -0.25) is 9.58 Å². The largest absolute Gasteiger partial charge is 0.395 e. The van der Waals surface area contributed by atoms with Crippen LogP contribution in [0.25, 0.3) is 0 Å². The molecule has 1 aromatic rings. The number of hydrogen-bond donors (Lipinski definition) is 1. The summed E-state index contributed by atoms with van der Waals surface area (Å²) in [7, 11) is 1.95. The van der Waals surface area contributed by atoms with E-state index in [1.807, 2.05) is 18.7 Å². The first kappa shape index (κ1) is 10.6. The van der Waals surface area contributed by atoms with Gasteiger partial charge in [0.2, 0.25) is 0 Å². The SMILES string of the molecule is Cc1nn(C)cc1CN1CCCC1CO. The fourth-order valence-electron chi connectivity index (χ4n) is 2.33. The molecule has 4 heteroatoms. The predicted octanol–water partition coefficient (Wildman–Crippen LogP) is 0.685. The maximum Gasteiger partial charge on any atom is 0.0638 e. The van der Waals surface area contributed by atoms with Gasteiger partial charge in [-0.25, -0.2) is 0 Å². The molecule has 1 aliphatic heterocycles. The Bertz CT molecular complexity index is 335. The lowest BCUT2D eigenvalue weighted by molar-refractivity contribution is 0.153. The smallest absolute Gasteiger partial charge is 0.0638 e. The van der Waals surface area contributed by atoms with Crippen LogP contribution in [0.1, 0.15) is 24.1 Å². The van der Waals surface area contributed by atoms with E-state index in [-0.39, 0.29) is 6.61 Å². The molecule has 1 aliphatic rings. The number of hydrogen-bond acceptors (Lipinski definition) is 3. The Kier molecular flexibility index (Phi) is 3.07. The Balaban J connectivity index is 2.05. The van der Waals surface area contributed by atoms with Crippen LogP contribution >= 0.6 is 0 Å². The fourth-order valence-corrected chi connectivity index (χ4v) is 2.33. The summed E-state index contributed by atoms with van der Waals surface area (Å²) in [6, 6.07) is 0.351. The molecule has 84 valence electrons. The lowest BCUT2D eigenvalue weighted by atomic mass is 10.2. The van der Waals surface area contributed by atoms with E-state index in [1.54, 1.807) is 0 Å². The van der Waals surface area contributed by atoms with Crippen LogP contribution in [0.15, 0.2) is 6.20 Å². The number of aromatic nitrogens is 2. The molecule has 4 nitrogen and oxygen atoms in total. The second-order valence-electron chi connectivity index (χ2n) is 4.36. The van der Waals surface area contributed by atoms with Crippen LogP contribution in [0, 0.1) is 6.92 Å². The first-order valence-corrected chi connectivity index (χ1v) is 5.54. The molecule has 0 spiro atoms. The molecule has 0 bridgehead atoms. The minimum atomic E-state index is 0.277. The zero-order valence-corrected chi connectivity index (χ0v) is 9.48. The summed E-state index contributed by atoms with van der Waals surface area (Å²) < 4.78 is 1.86. The summed E-state index contributed by atoms with van der Waals surface area (Å²) >= 11 is 0. The Labute approximate surface area is 90.5 Å². The normalized spacial score (nSPS) is 22.5. The van der Waals surface area contributed by atoms with Gasteiger partial charge in [-0.2, -0.15) is 5.10 Å². The fraction of sp³-hybridized carbons (Fsp3) is 0.727. The molecule has 2 rings (SSSR count). The van der Waals surface area contributed by atoms with Crippen LogP contribution in [0.4, 0.5) is 0 Å². The van der Waals surface area contributed by atoms with Gasteiger partial charge in [-0.05, 0) is 26.3 Å². The third-order valence-corrected chi connectivity index (χ3v) is 3.20. The zero-order chi connectivity index (χ0) is 10.8. The highest BCUT2D eigenvalue weighted by Gasteiger charge is 2.24. The predicted molar refractivity (Wildman–Crippen MR) is 58.5 cm³/mol. The lowest BCUT2D eigenvalue weighted by Gasteiger charge is -2.22. The lowest BCUT2D eigenvalue weighted by Crippen LogP contribution is -2.31. The molecular weight excluding hydrogens is 190 g/mol. The van der Waals surface area contributed by atoms with E-state index < -0.39 is 0 Å². The van der Waals surface area contributed by atoms with Crippen molar-refractivity contribution < 1.29 is 5.11 Å². The van der Waals surface area contributed by atoms with Crippen LogP contribution in [0.3, 0.4) is 0 Å². The van der Waals surface area contributed by atoms with Crippen LogP contribution in [-0.2, 0) is 13.6 Å². The summed E-state index contributed by atoms with van der Waals surface area (Å²) in [6.45, 7) is 4.34. The van der Waals surface area contributed by atoms with E-state index in [9.17, 15) is 5.11 Å². The Hall–Kier alpha value is -0.870. The molecular formula is C11H19N3O. The minimum Gasteiger partial charge on any atom is -0.395 e. The van der Waals surface area contributed by atoms with Crippen molar-refractivity contribution in [2.75, 3.05) is 13.2 Å². The van der Waals surface area contributed by atoms with Crippen molar-refractivity contribution in [3.63, 3.8) is 0 Å². The summed E-state index contributed by atoms with van der Waals surface area (Å²) in [6.07, 6.45) is 4.39. The van der Waals surface area contributed by atoms with Crippen molar-refractivity contribution in [2.24, 2.45) is 7.05 Å². The van der Waals surface area contributed by atoms with Crippen LogP contribution in [-0.4, -0.2) is 39.0 Å². The van der Waals surface area contributed by atoms with Gasteiger partial charge >= 0.3 is 0 Å². The summed E-state index contributed by atoms with van der Waals surface area (Å²) in [5, 5.41) is 13.6. The molecule has 0 saturated carbocycles. The van der Waals surface area contributed by atoms with Gasteiger partial charge in [0.1, 0.15) is 0 Å². The zero-order valence-electron chi connectivity index (χ0n) is 9.48. The molecule has 1 N–H and O–H groups in total. The average molecular weight is 209 g/mol. The van der Waals surface area contributed by atoms with Crippen LogP contribution in [0.5, 0.6) is 0 Å². The van der Waals surface area contributed by atoms with Crippen LogP contribution in [0.2, 0.25) is 0 Å². The molecule has 1 aromatic heterocycles. The molecule has 1 saturated heterocycles. The number of aliphatic hydroxyl groups is 1. The molecule has 2 heterocycles. The second-order valence-corrected chi connectivity index (χ2v) is 4.36. The molecule has 0 radical (unpaired) electrons. The van der Waals surface area contributed by atoms with E-state index in [0.29, 0.717) is 6.04 Å². The van der Waals surface area contributed by atoms with Gasteiger partial charge in [0.25, 0.3) is 0 Å². The molecule has 0 aliphatic carbocycles. The van der Waals surface area contributed by atoms with Gasteiger partial charge in [-0.15, -0.1) is 0 Å². The molecule has 1 unspecified atom stereocenters. The first-order chi connectivity index (χ1) is 7.20. The van der Waals surface area contributed by atoms with E-state index in [2.05, 4.69) is 16.2 Å². The number of aliphatic hydroxyl groups excluding tert-OH is 1. The van der Waals surface area contributed by atoms with Crippen molar-refractivity contribution in [1.29, 1.82) is 0 Å². The van der Waals surface area contributed by atoms with E-state index >= 15 is 0 Å². The Morgan fingerprint density at radius 1 is 1.60 bits per heavy atom. The number of rotatable bonds is 3. The topological polar surface area (TPSA) is 41.3 Å². The summed E-state index contributed by atoms with van der Waals surface area (Å²) in [4.78, 5) is 2.35. The Morgan fingerprint density at radius 3 is 3.00 bits per heavy atom. The molecule has 15 heavy (non-hydrogen) atoms. The number of aryl methyl sites for hydroxylation is 2. The average Bonchev–Trinajstić information content (AvgIpc) is 2.74. The summed E-state index contributed by atoms with van der Waals surface area (Å²) in [5.41, 5.74) is 2.37. The van der Waals surface area contributed by atoms with Gasteiger partial charge in [0, 0.05) is 31.4 Å². The maximum absolute atomic E-state index is 9.23. The standard InChI is InChI=1S/C11H19N3O/c1-9-10(6-13(2)12-9)7-14-5-3-4-11(14)8-15/h6,11,15H,3-5,7-8H2,1-2H3. The third-order valence-electron chi connectivity index (χ3n) is 3.20. The second kappa shape index (κ2) is 4.33. The van der Waals surface area contributed by atoms with E-state index in [0.717, 1.165) is 25.2 Å². The quantitative estimate of drug-likeness (QED) is 0.796. The summed E-state index contributed by atoms with van der Waals surface area (Å²) in [5.74, 6) is 0. The van der Waals surface area contributed by atoms with E-state index in [1.165, 1.54) is 12.0 Å². The monoisotopic (exact) mass is 209 g/mol. The van der Waals surface area contributed by atoms with Gasteiger partial charge in [-0.1, -0.05) is 0 Å². The molecule has 1 atom stereocenters. The highest BCUT2D eigenvalue weighted by atomic mass is 16.3. The van der Waals surface area contributed by atoms with Crippen molar-refractivity contribution in [2.45, 2.75) is 32.4 Å². The van der Waals surface area contributed by atoms with Crippen molar-refractivity contribution in [3.8, 4) is 0 Å². The minimum absolute atomic E-state index is 0.277. The van der Waals surface area contributed by atoms with Crippen molar-refractivity contribution in [3.05, 3.63) is 17.5 Å². The number of likely N-dealkylation sites (tertiary alicyclic amines) is 1. The molecule has 1 fully saturated rings. The van der Waals surface area contributed by atoms with Crippen molar-refractivity contribution in [1.82, 2.24) is 14.7 Å². The van der Waals surface area contributed by atoms with Crippen molar-refractivity contribution >= 4 is 0 Å². The maximum atomic E-state index is 9.23. The highest BCUT2D eigenvalue weighted by molar-refractivity contribution is 5.15. The van der Waals surface area contributed by atoms with Crippen LogP contribution < -0.4 is 0 Å². The van der Waals surface area contributed by atoms with Gasteiger partial charge < -0.3 is 5.11 Å². The van der Waals surface area contributed by atoms with Gasteiger partial charge in [0.15, 0.2) is 0 Å². The third kappa shape index (κ3) is 2.21. The molecule has 0 amide bonds. The Morgan fingerprint density at radius 2 is 2.40 bits per heavy atom. The van der Waals surface area contributed by atoms with E-state index in [4.69, 9.17) is 0 Å². The highest BCUT2D eigenvalue weighted by Crippen LogP contribution is 2.20. The molecule has 0 aromatic carbocycles. The first-order valence-electron chi connectivity index (χ1n) is 5.54.